The van der Waals surface area contributed by atoms with Gasteiger partial charge in [-0.15, -0.1) is 0 Å². The van der Waals surface area contributed by atoms with Crippen molar-refractivity contribution >= 4 is 46.1 Å². The molecule has 10 heteroatoms. The number of pyridine rings is 1. The van der Waals surface area contributed by atoms with E-state index in [0.717, 1.165) is 16.6 Å². The summed E-state index contributed by atoms with van der Waals surface area (Å²) in [6, 6.07) is 10.1. The molecule has 3 amide bonds. The Balaban J connectivity index is 1.47. The third kappa shape index (κ3) is 5.31. The summed E-state index contributed by atoms with van der Waals surface area (Å²) in [4.78, 5) is 46.8. The van der Waals surface area contributed by atoms with Gasteiger partial charge in [0.15, 0.2) is 0 Å². The number of carbonyl (C=O) groups excluding carboxylic acids is 3. The summed E-state index contributed by atoms with van der Waals surface area (Å²) in [5.41, 5.74) is 2.05. The first-order valence-electron chi connectivity index (χ1n) is 10.9. The van der Waals surface area contributed by atoms with Crippen molar-refractivity contribution < 1.29 is 19.1 Å². The van der Waals surface area contributed by atoms with Crippen molar-refractivity contribution in [1.29, 1.82) is 0 Å². The van der Waals surface area contributed by atoms with Gasteiger partial charge in [-0.05, 0) is 44.5 Å². The molecule has 2 aromatic heterocycles. The van der Waals surface area contributed by atoms with Crippen LogP contribution in [0.3, 0.4) is 0 Å². The number of carbonyl (C=O) groups is 3. The van der Waals surface area contributed by atoms with Crippen LogP contribution in [0.1, 0.15) is 36.8 Å². The highest BCUT2D eigenvalue weighted by Gasteiger charge is 2.34. The molecule has 4 rings (SSSR count). The number of halogens is 1. The maximum Gasteiger partial charge on any atom is 0.407 e. The Hall–Kier alpha value is -3.59. The first-order chi connectivity index (χ1) is 16.1. The van der Waals surface area contributed by atoms with Gasteiger partial charge >= 0.3 is 6.09 Å². The number of rotatable bonds is 5. The largest absolute Gasteiger partial charge is 0.444 e. The lowest BCUT2D eigenvalue weighted by Gasteiger charge is -2.34. The maximum atomic E-state index is 13.3. The molecular formula is C24H26ClN5O4. The molecule has 1 unspecified atom stereocenters. The molecule has 0 saturated carbocycles. The zero-order chi connectivity index (χ0) is 24.5. The number of fused-ring (bicyclic) bond motifs is 2. The fourth-order valence-corrected chi connectivity index (χ4v) is 4.02. The lowest BCUT2D eigenvalue weighted by atomic mass is 9.97. The summed E-state index contributed by atoms with van der Waals surface area (Å²) in [6.07, 6.45) is 1.36. The van der Waals surface area contributed by atoms with Gasteiger partial charge in [-0.3, -0.25) is 9.59 Å². The molecule has 1 aromatic carbocycles. The number of para-hydroxylation sites is 1. The number of benzene rings is 1. The van der Waals surface area contributed by atoms with Crippen molar-refractivity contribution in [2.75, 3.05) is 18.0 Å². The van der Waals surface area contributed by atoms with E-state index in [1.165, 1.54) is 0 Å². The highest BCUT2D eigenvalue weighted by atomic mass is 35.5. The van der Waals surface area contributed by atoms with Crippen LogP contribution in [0.5, 0.6) is 0 Å². The van der Waals surface area contributed by atoms with Crippen molar-refractivity contribution in [2.45, 2.75) is 38.8 Å². The molecule has 3 heterocycles. The quantitative estimate of drug-likeness (QED) is 0.481. The van der Waals surface area contributed by atoms with Crippen LogP contribution in [-0.2, 0) is 16.0 Å². The highest BCUT2D eigenvalue weighted by molar-refractivity contribution is 6.30. The maximum absolute atomic E-state index is 13.3. The predicted octanol–water partition coefficient (Wildman–Crippen LogP) is 3.43. The number of hydrogen-bond acceptors (Lipinski definition) is 5. The van der Waals surface area contributed by atoms with E-state index in [9.17, 15) is 14.4 Å². The Kier molecular flexibility index (Phi) is 6.47. The van der Waals surface area contributed by atoms with E-state index in [-0.39, 0.29) is 19.0 Å². The molecule has 1 aliphatic heterocycles. The van der Waals surface area contributed by atoms with Gasteiger partial charge in [0, 0.05) is 30.6 Å². The van der Waals surface area contributed by atoms with Crippen LogP contribution in [0.15, 0.2) is 42.6 Å². The zero-order valence-corrected chi connectivity index (χ0v) is 19.9. The van der Waals surface area contributed by atoms with Crippen LogP contribution in [0.4, 0.5) is 10.5 Å². The lowest BCUT2D eigenvalue weighted by Crippen LogP contribution is -2.54. The number of nitrogens with one attached hydrogen (secondary N) is 3. The average molecular weight is 484 g/mol. The minimum atomic E-state index is -0.753. The number of aromatic nitrogens is 2. The van der Waals surface area contributed by atoms with Gasteiger partial charge in [0.2, 0.25) is 5.91 Å². The normalized spacial score (nSPS) is 15.7. The lowest BCUT2D eigenvalue weighted by molar-refractivity contribution is -0.120. The molecule has 0 bridgehead atoms. The van der Waals surface area contributed by atoms with Crippen LogP contribution in [0.2, 0.25) is 5.15 Å². The van der Waals surface area contributed by atoms with Crippen LogP contribution >= 0.6 is 11.6 Å². The number of anilines is 1. The van der Waals surface area contributed by atoms with E-state index in [2.05, 4.69) is 20.6 Å². The average Bonchev–Trinajstić information content (AvgIpc) is 3.18. The molecule has 34 heavy (non-hydrogen) atoms. The molecule has 1 atom stereocenters. The summed E-state index contributed by atoms with van der Waals surface area (Å²) in [5, 5.41) is 6.59. The van der Waals surface area contributed by atoms with Gasteiger partial charge in [0.25, 0.3) is 5.91 Å². The van der Waals surface area contributed by atoms with E-state index in [1.807, 2.05) is 24.3 Å². The Morgan fingerprint density at radius 2 is 2.03 bits per heavy atom. The minimum absolute atomic E-state index is 0.200. The Labute approximate surface area is 201 Å². The first kappa shape index (κ1) is 23.6. The monoisotopic (exact) mass is 483 g/mol. The first-order valence-corrected chi connectivity index (χ1v) is 11.3. The molecular weight excluding hydrogens is 458 g/mol. The van der Waals surface area contributed by atoms with Crippen LogP contribution in [0, 0.1) is 0 Å². The highest BCUT2D eigenvalue weighted by Crippen LogP contribution is 2.28. The summed E-state index contributed by atoms with van der Waals surface area (Å²) in [5.74, 6) is -0.657. The fourth-order valence-electron chi connectivity index (χ4n) is 3.85. The summed E-state index contributed by atoms with van der Waals surface area (Å²) in [6.45, 7) is 5.77. The van der Waals surface area contributed by atoms with Gasteiger partial charge in [-0.1, -0.05) is 29.8 Å². The SMILES string of the molecule is CC(C)(C)OC(=O)NCCN1C(=O)C(NC(=O)c2cc3cc(Cl)ncc3[nH]2)Cc2ccccc21. The van der Waals surface area contributed by atoms with Gasteiger partial charge in [0.05, 0.1) is 11.7 Å². The van der Waals surface area contributed by atoms with Crippen LogP contribution in [-0.4, -0.2) is 52.6 Å². The molecule has 0 saturated heterocycles. The Morgan fingerprint density at radius 3 is 2.79 bits per heavy atom. The number of H-pyrrole nitrogens is 1. The van der Waals surface area contributed by atoms with Crippen molar-refractivity contribution in [3.05, 3.63) is 59.0 Å². The summed E-state index contributed by atoms with van der Waals surface area (Å²) < 4.78 is 5.25. The molecule has 9 nitrogen and oxygen atoms in total. The number of ether oxygens (including phenoxy) is 1. The second-order valence-corrected chi connectivity index (χ2v) is 9.44. The van der Waals surface area contributed by atoms with Crippen LogP contribution in [0.25, 0.3) is 10.9 Å². The molecule has 3 N–H and O–H groups in total. The van der Waals surface area contributed by atoms with Crippen molar-refractivity contribution in [2.24, 2.45) is 0 Å². The molecule has 0 aliphatic carbocycles. The number of amides is 3. The third-order valence-corrected chi connectivity index (χ3v) is 5.50. The second kappa shape index (κ2) is 9.34. The van der Waals surface area contributed by atoms with E-state index in [1.54, 1.807) is 44.0 Å². The van der Waals surface area contributed by atoms with Gasteiger partial charge in [0.1, 0.15) is 22.5 Å². The van der Waals surface area contributed by atoms with Gasteiger partial charge in [-0.2, -0.15) is 0 Å². The van der Waals surface area contributed by atoms with Gasteiger partial charge in [-0.25, -0.2) is 9.78 Å². The van der Waals surface area contributed by atoms with Crippen molar-refractivity contribution in [1.82, 2.24) is 20.6 Å². The van der Waals surface area contributed by atoms with E-state index in [4.69, 9.17) is 16.3 Å². The summed E-state index contributed by atoms with van der Waals surface area (Å²) in [7, 11) is 0. The number of alkyl carbamates (subject to hydrolysis) is 1. The predicted molar refractivity (Wildman–Crippen MR) is 129 cm³/mol. The molecule has 178 valence electrons. The third-order valence-electron chi connectivity index (χ3n) is 5.30. The molecule has 0 radical (unpaired) electrons. The number of nitrogens with zero attached hydrogens (tertiary/aromatic N) is 2. The van der Waals surface area contributed by atoms with Crippen molar-refractivity contribution in [3.63, 3.8) is 0 Å². The Morgan fingerprint density at radius 1 is 1.26 bits per heavy atom. The van der Waals surface area contributed by atoms with Crippen LogP contribution < -0.4 is 15.5 Å². The molecule has 1 aliphatic rings. The topological polar surface area (TPSA) is 116 Å². The van der Waals surface area contributed by atoms with Gasteiger partial charge < -0.3 is 25.3 Å². The zero-order valence-electron chi connectivity index (χ0n) is 19.1. The second-order valence-electron chi connectivity index (χ2n) is 9.05. The fraction of sp³-hybridized carbons (Fsp3) is 0.333. The van der Waals surface area contributed by atoms with E-state index < -0.39 is 23.6 Å². The molecule has 3 aromatic rings. The standard InChI is InChI=1S/C24H26ClN5O4/c1-24(2,3)34-23(33)26-8-9-30-19-7-5-4-6-14(19)10-17(22(30)32)29-21(31)16-11-15-12-20(25)27-13-18(15)28-16/h4-7,11-13,17,28H,8-10H2,1-3H3,(H,26,33)(H,29,31). The number of hydrogen-bond donors (Lipinski definition) is 3. The van der Waals surface area contributed by atoms with E-state index >= 15 is 0 Å². The number of aromatic amines is 1. The molecule has 0 spiro atoms. The van der Waals surface area contributed by atoms with Crippen molar-refractivity contribution in [3.8, 4) is 0 Å². The minimum Gasteiger partial charge on any atom is -0.444 e. The smallest absolute Gasteiger partial charge is 0.407 e. The molecule has 0 fully saturated rings. The Bertz CT molecular complexity index is 1250. The van der Waals surface area contributed by atoms with E-state index in [0.29, 0.717) is 22.8 Å². The summed E-state index contributed by atoms with van der Waals surface area (Å²) >= 11 is 5.93.